The number of aliphatic hydroxyl groups is 1. The highest BCUT2D eigenvalue weighted by molar-refractivity contribution is 5.84. The van der Waals surface area contributed by atoms with Crippen molar-refractivity contribution in [3.8, 4) is 0 Å². The quantitative estimate of drug-likeness (QED) is 0.386. The first-order valence-corrected chi connectivity index (χ1v) is 9.53. The molecule has 0 aliphatic rings. The summed E-state index contributed by atoms with van der Waals surface area (Å²) in [5.41, 5.74) is 0. The second-order valence-corrected chi connectivity index (χ2v) is 6.70. The Bertz CT molecular complexity index is 344. The van der Waals surface area contributed by atoms with E-state index >= 15 is 0 Å². The van der Waals surface area contributed by atoms with Crippen molar-refractivity contribution in [1.29, 1.82) is 0 Å². The number of rotatable bonds is 14. The van der Waals surface area contributed by atoms with Crippen molar-refractivity contribution < 1.29 is 19.4 Å². The molecular formula is C19H37NO4. The van der Waals surface area contributed by atoms with E-state index in [0.717, 1.165) is 12.8 Å². The lowest BCUT2D eigenvalue weighted by atomic mass is 10.1. The predicted octanol–water partition coefficient (Wildman–Crippen LogP) is 3.68. The molecule has 1 N–H and O–H groups in total. The van der Waals surface area contributed by atoms with Gasteiger partial charge < -0.3 is 14.7 Å². The van der Waals surface area contributed by atoms with E-state index in [1.54, 1.807) is 11.9 Å². The van der Waals surface area contributed by atoms with Crippen LogP contribution in [0, 0.1) is 0 Å². The monoisotopic (exact) mass is 343 g/mol. The second-order valence-electron chi connectivity index (χ2n) is 6.70. The lowest BCUT2D eigenvalue weighted by molar-refractivity contribution is -0.164. The fourth-order valence-corrected chi connectivity index (χ4v) is 2.58. The van der Waals surface area contributed by atoms with Crippen LogP contribution < -0.4 is 0 Å². The van der Waals surface area contributed by atoms with Crippen molar-refractivity contribution >= 4 is 11.9 Å². The summed E-state index contributed by atoms with van der Waals surface area (Å²) in [6.07, 6.45) is 10.5. The van der Waals surface area contributed by atoms with Crippen LogP contribution in [0.3, 0.4) is 0 Å². The van der Waals surface area contributed by atoms with Gasteiger partial charge in [-0.15, -0.1) is 0 Å². The highest BCUT2D eigenvalue weighted by Crippen LogP contribution is 2.11. The molecule has 0 aromatic rings. The summed E-state index contributed by atoms with van der Waals surface area (Å²) in [5, 5.41) is 9.10. The highest BCUT2D eigenvalue weighted by Gasteiger charge is 2.22. The molecule has 24 heavy (non-hydrogen) atoms. The molecule has 2 atom stereocenters. The molecule has 0 saturated heterocycles. The maximum absolute atomic E-state index is 12.1. The third-order valence-electron chi connectivity index (χ3n) is 4.21. The van der Waals surface area contributed by atoms with Gasteiger partial charge in [0.15, 0.2) is 6.10 Å². The normalized spacial score (nSPS) is 13.4. The smallest absolute Gasteiger partial charge is 0.335 e. The van der Waals surface area contributed by atoms with E-state index in [0.29, 0.717) is 6.54 Å². The number of carbonyl (C=O) groups is 2. The molecule has 0 aliphatic heterocycles. The standard InChI is InChI=1S/C19H37NO4/c1-5-6-7-8-9-10-11-12-13-14-15-20(4)18(22)17(3)24-19(23)16(2)21/h16-17,21H,5-15H2,1-4H3. The van der Waals surface area contributed by atoms with Crippen molar-refractivity contribution in [3.05, 3.63) is 0 Å². The summed E-state index contributed by atoms with van der Waals surface area (Å²) in [4.78, 5) is 24.9. The number of likely N-dealkylation sites (N-methyl/N-ethyl adjacent to an activating group) is 1. The van der Waals surface area contributed by atoms with Crippen LogP contribution in [0.4, 0.5) is 0 Å². The predicted molar refractivity (Wildman–Crippen MR) is 96.7 cm³/mol. The largest absolute Gasteiger partial charge is 0.451 e. The number of aliphatic hydroxyl groups excluding tert-OH is 1. The number of amides is 1. The van der Waals surface area contributed by atoms with Gasteiger partial charge in [0.05, 0.1) is 0 Å². The zero-order chi connectivity index (χ0) is 18.4. The number of carbonyl (C=O) groups excluding carboxylic acids is 2. The van der Waals surface area contributed by atoms with Crippen molar-refractivity contribution in [2.45, 2.75) is 97.2 Å². The van der Waals surface area contributed by atoms with E-state index in [4.69, 9.17) is 9.84 Å². The minimum atomic E-state index is -1.20. The second kappa shape index (κ2) is 14.3. The molecular weight excluding hydrogens is 306 g/mol. The molecule has 2 unspecified atom stereocenters. The van der Waals surface area contributed by atoms with Gasteiger partial charge in [-0.05, 0) is 20.3 Å². The Labute approximate surface area is 147 Å². The molecule has 0 aromatic heterocycles. The van der Waals surface area contributed by atoms with Gasteiger partial charge in [0.2, 0.25) is 0 Å². The molecule has 0 rings (SSSR count). The SMILES string of the molecule is CCCCCCCCCCCCN(C)C(=O)C(C)OC(=O)C(C)O. The molecule has 0 bridgehead atoms. The average Bonchev–Trinajstić information content (AvgIpc) is 2.55. The maximum atomic E-state index is 12.1. The third kappa shape index (κ3) is 11.4. The minimum absolute atomic E-state index is 0.222. The van der Waals surface area contributed by atoms with Crippen LogP contribution in [-0.2, 0) is 14.3 Å². The lowest BCUT2D eigenvalue weighted by Gasteiger charge is -2.21. The third-order valence-corrected chi connectivity index (χ3v) is 4.21. The molecule has 0 aliphatic carbocycles. The van der Waals surface area contributed by atoms with Crippen LogP contribution in [-0.4, -0.2) is 47.7 Å². The molecule has 0 saturated carbocycles. The number of hydrogen-bond acceptors (Lipinski definition) is 4. The number of hydrogen-bond donors (Lipinski definition) is 1. The lowest BCUT2D eigenvalue weighted by Crippen LogP contribution is -2.39. The van der Waals surface area contributed by atoms with Crippen molar-refractivity contribution in [3.63, 3.8) is 0 Å². The van der Waals surface area contributed by atoms with Gasteiger partial charge in [0.25, 0.3) is 5.91 Å². The fraction of sp³-hybridized carbons (Fsp3) is 0.895. The van der Waals surface area contributed by atoms with Gasteiger partial charge in [-0.3, -0.25) is 4.79 Å². The number of nitrogens with zero attached hydrogens (tertiary/aromatic N) is 1. The van der Waals surface area contributed by atoms with E-state index in [1.165, 1.54) is 65.2 Å². The molecule has 0 radical (unpaired) electrons. The summed E-state index contributed by atoms with van der Waals surface area (Å²) in [6.45, 7) is 5.77. The molecule has 0 aromatic carbocycles. The Morgan fingerprint density at radius 3 is 1.83 bits per heavy atom. The zero-order valence-electron chi connectivity index (χ0n) is 16.1. The molecule has 5 nitrogen and oxygen atoms in total. The topological polar surface area (TPSA) is 66.8 Å². The van der Waals surface area contributed by atoms with Gasteiger partial charge in [-0.1, -0.05) is 64.7 Å². The Hall–Kier alpha value is -1.10. The van der Waals surface area contributed by atoms with Crippen molar-refractivity contribution in [2.24, 2.45) is 0 Å². The van der Waals surface area contributed by atoms with Crippen LogP contribution >= 0.6 is 0 Å². The Balaban J connectivity index is 3.65. The highest BCUT2D eigenvalue weighted by atomic mass is 16.6. The Morgan fingerprint density at radius 2 is 1.38 bits per heavy atom. The van der Waals surface area contributed by atoms with Gasteiger partial charge >= 0.3 is 5.97 Å². The van der Waals surface area contributed by atoms with E-state index in [1.807, 2.05) is 0 Å². The van der Waals surface area contributed by atoms with Crippen molar-refractivity contribution in [1.82, 2.24) is 4.90 Å². The van der Waals surface area contributed by atoms with E-state index in [2.05, 4.69) is 6.92 Å². The van der Waals surface area contributed by atoms with E-state index in [-0.39, 0.29) is 5.91 Å². The number of esters is 1. The van der Waals surface area contributed by atoms with Crippen molar-refractivity contribution in [2.75, 3.05) is 13.6 Å². The summed E-state index contributed by atoms with van der Waals surface area (Å²) in [7, 11) is 1.72. The summed E-state index contributed by atoms with van der Waals surface area (Å²) >= 11 is 0. The van der Waals surface area contributed by atoms with Crippen LogP contribution in [0.2, 0.25) is 0 Å². The van der Waals surface area contributed by atoms with Crippen LogP contribution in [0.25, 0.3) is 0 Å². The van der Waals surface area contributed by atoms with E-state index in [9.17, 15) is 9.59 Å². The van der Waals surface area contributed by atoms with Gasteiger partial charge in [0, 0.05) is 13.6 Å². The fourth-order valence-electron chi connectivity index (χ4n) is 2.58. The van der Waals surface area contributed by atoms with Crippen LogP contribution in [0.5, 0.6) is 0 Å². The maximum Gasteiger partial charge on any atom is 0.335 e. The van der Waals surface area contributed by atoms with Crippen LogP contribution in [0.1, 0.15) is 85.0 Å². The Kier molecular flexibility index (Phi) is 13.6. The first-order valence-electron chi connectivity index (χ1n) is 9.53. The van der Waals surface area contributed by atoms with Crippen LogP contribution in [0.15, 0.2) is 0 Å². The average molecular weight is 344 g/mol. The van der Waals surface area contributed by atoms with E-state index < -0.39 is 18.2 Å². The molecule has 0 spiro atoms. The Morgan fingerprint density at radius 1 is 0.917 bits per heavy atom. The van der Waals surface area contributed by atoms with Gasteiger partial charge in [-0.25, -0.2) is 4.79 Å². The van der Waals surface area contributed by atoms with Gasteiger partial charge in [-0.2, -0.15) is 0 Å². The number of unbranched alkanes of at least 4 members (excludes halogenated alkanes) is 9. The number of ether oxygens (including phenoxy) is 1. The molecule has 0 heterocycles. The summed E-state index contributed by atoms with van der Waals surface area (Å²) in [5.74, 6) is -0.983. The summed E-state index contributed by atoms with van der Waals surface area (Å²) in [6, 6.07) is 0. The molecule has 5 heteroatoms. The molecule has 0 fully saturated rings. The summed E-state index contributed by atoms with van der Waals surface area (Å²) < 4.78 is 4.91. The molecule has 142 valence electrons. The first kappa shape index (κ1) is 22.9. The minimum Gasteiger partial charge on any atom is -0.451 e. The molecule has 1 amide bonds. The van der Waals surface area contributed by atoms with Gasteiger partial charge in [0.1, 0.15) is 6.10 Å². The zero-order valence-corrected chi connectivity index (χ0v) is 16.1. The first-order chi connectivity index (χ1) is 11.4.